The van der Waals surface area contributed by atoms with Crippen molar-refractivity contribution in [1.29, 1.82) is 5.26 Å². The van der Waals surface area contributed by atoms with E-state index in [1.54, 1.807) is 37.6 Å². The number of nitrogens with zero attached hydrogens (tertiary/aromatic N) is 6. The topological polar surface area (TPSA) is 104 Å². The summed E-state index contributed by atoms with van der Waals surface area (Å²) in [4.78, 5) is 16.1. The smallest absolute Gasteiger partial charge is 0.417 e. The van der Waals surface area contributed by atoms with E-state index in [4.69, 9.17) is 10.5 Å². The number of hydrogen-bond acceptors (Lipinski definition) is 9. The number of alkyl halides is 4. The van der Waals surface area contributed by atoms with Crippen LogP contribution in [-0.2, 0) is 12.7 Å². The van der Waals surface area contributed by atoms with Gasteiger partial charge in [0, 0.05) is 54.9 Å². The largest absolute Gasteiger partial charge is 0.467 e. The maximum absolute atomic E-state index is 16.3. The molecule has 0 aliphatic carbocycles. The Morgan fingerprint density at radius 2 is 2.00 bits per heavy atom. The van der Waals surface area contributed by atoms with E-state index in [1.807, 2.05) is 0 Å². The Morgan fingerprint density at radius 1 is 1.21 bits per heavy atom. The van der Waals surface area contributed by atoms with Crippen molar-refractivity contribution in [2.24, 2.45) is 0 Å². The van der Waals surface area contributed by atoms with Gasteiger partial charge in [0.15, 0.2) is 5.82 Å². The van der Waals surface area contributed by atoms with E-state index >= 15 is 4.39 Å². The molecule has 3 aromatic heterocycles. The summed E-state index contributed by atoms with van der Waals surface area (Å²) in [5, 5.41) is 9.08. The summed E-state index contributed by atoms with van der Waals surface area (Å²) in [7, 11) is 2.82. The fourth-order valence-electron chi connectivity index (χ4n) is 6.44. The summed E-state index contributed by atoms with van der Waals surface area (Å²) < 4.78 is 92.1. The van der Waals surface area contributed by atoms with Gasteiger partial charge in [0.25, 0.3) is 0 Å². The van der Waals surface area contributed by atoms with E-state index in [9.17, 15) is 27.2 Å². The molecule has 2 aliphatic heterocycles. The second-order valence-electron chi connectivity index (χ2n) is 11.6. The molecule has 5 heterocycles. The first-order valence-corrected chi connectivity index (χ1v) is 15.8. The second kappa shape index (κ2) is 13.1. The Balaban J connectivity index is 0.000000381. The minimum absolute atomic E-state index is 0.0154. The number of benzene rings is 2. The lowest BCUT2D eigenvalue weighted by atomic mass is 9.92. The standard InChI is InChI=1S/C26H17F5N6OS.C7H12FN/c1-37(11-12-4-3-7-34-10-12)24-14-8-16(26(29,30)31)19(20(28)21(14)35-25(36-24)38-2)13-5-6-17(27)22-18(13)15(9-32)23(33)39-22;8-6-4-7-2-1-3-9(7)5-6/h3-8,10H,11,33H2,1-2H3;6-7H,1-5H2. The maximum Gasteiger partial charge on any atom is 0.417 e. The zero-order valence-corrected chi connectivity index (χ0v) is 26.6. The fourth-order valence-corrected chi connectivity index (χ4v) is 7.39. The van der Waals surface area contributed by atoms with Crippen LogP contribution in [0.5, 0.6) is 6.01 Å². The van der Waals surface area contributed by atoms with Crippen molar-refractivity contribution < 1.29 is 31.1 Å². The highest BCUT2D eigenvalue weighted by molar-refractivity contribution is 7.23. The van der Waals surface area contributed by atoms with E-state index in [2.05, 4.69) is 19.9 Å². The zero-order valence-electron chi connectivity index (χ0n) is 25.8. The van der Waals surface area contributed by atoms with Crippen LogP contribution in [0.3, 0.4) is 0 Å². The molecule has 7 rings (SSSR count). The number of aromatic nitrogens is 3. The first-order chi connectivity index (χ1) is 22.9. The third-order valence-corrected chi connectivity index (χ3v) is 9.57. The molecule has 2 aromatic carbocycles. The van der Waals surface area contributed by atoms with Crippen LogP contribution in [0.2, 0.25) is 0 Å². The van der Waals surface area contributed by atoms with Gasteiger partial charge in [-0.15, -0.1) is 11.3 Å². The molecule has 2 unspecified atom stereocenters. The average molecular weight is 686 g/mol. The van der Waals surface area contributed by atoms with Crippen molar-refractivity contribution in [3.63, 3.8) is 0 Å². The van der Waals surface area contributed by atoms with Gasteiger partial charge in [-0.05, 0) is 55.1 Å². The molecular weight excluding hydrogens is 656 g/mol. The van der Waals surface area contributed by atoms with Crippen LogP contribution in [0, 0.1) is 23.0 Å². The molecule has 2 atom stereocenters. The van der Waals surface area contributed by atoms with Gasteiger partial charge in [-0.2, -0.15) is 28.4 Å². The van der Waals surface area contributed by atoms with Gasteiger partial charge in [-0.3, -0.25) is 9.88 Å². The predicted octanol–water partition coefficient (Wildman–Crippen LogP) is 7.49. The molecule has 0 bridgehead atoms. The summed E-state index contributed by atoms with van der Waals surface area (Å²) in [6.07, 6.45) is 0.923. The normalized spacial score (nSPS) is 17.6. The highest BCUT2D eigenvalue weighted by Crippen LogP contribution is 2.48. The number of fused-ring (bicyclic) bond motifs is 3. The van der Waals surface area contributed by atoms with Gasteiger partial charge < -0.3 is 15.4 Å². The Kier molecular flexibility index (Phi) is 9.06. The molecular formula is C33H29F6N7OS. The number of hydrogen-bond donors (Lipinski definition) is 1. The van der Waals surface area contributed by atoms with E-state index in [-0.39, 0.29) is 50.0 Å². The molecule has 48 heavy (non-hydrogen) atoms. The van der Waals surface area contributed by atoms with Crippen molar-refractivity contribution in [3.05, 3.63) is 71.1 Å². The molecule has 0 saturated carbocycles. The zero-order chi connectivity index (χ0) is 34.3. The SMILES string of the molecule is COc1nc(N(C)Cc2cccnc2)c2cc(C(F)(F)F)c(-c3ccc(F)c4sc(N)c(C#N)c34)c(F)c2n1.FC1CC2CCCN2C1. The molecule has 5 aromatic rings. The van der Waals surface area contributed by atoms with Gasteiger partial charge in [0.2, 0.25) is 0 Å². The van der Waals surface area contributed by atoms with Crippen molar-refractivity contribution in [2.45, 2.75) is 44.2 Å². The highest BCUT2D eigenvalue weighted by Gasteiger charge is 2.38. The third-order valence-electron chi connectivity index (χ3n) is 8.54. The summed E-state index contributed by atoms with van der Waals surface area (Å²) in [5.41, 5.74) is 3.31. The van der Waals surface area contributed by atoms with E-state index < -0.39 is 40.6 Å². The van der Waals surface area contributed by atoms with Gasteiger partial charge >= 0.3 is 12.2 Å². The first kappa shape index (κ1) is 33.2. The minimum Gasteiger partial charge on any atom is -0.467 e. The molecule has 2 fully saturated rings. The number of halogens is 6. The highest BCUT2D eigenvalue weighted by atomic mass is 32.1. The number of nitrogens with two attached hydrogens (primary N) is 1. The van der Waals surface area contributed by atoms with Crippen molar-refractivity contribution in [2.75, 3.05) is 37.9 Å². The van der Waals surface area contributed by atoms with Crippen LogP contribution < -0.4 is 15.4 Å². The summed E-state index contributed by atoms with van der Waals surface area (Å²) in [6.45, 7) is 2.04. The van der Waals surface area contributed by atoms with Crippen LogP contribution in [-0.4, -0.2) is 59.3 Å². The van der Waals surface area contributed by atoms with Crippen LogP contribution in [0.1, 0.15) is 36.0 Å². The van der Waals surface area contributed by atoms with Gasteiger partial charge in [0.05, 0.1) is 22.9 Å². The van der Waals surface area contributed by atoms with Crippen molar-refractivity contribution >= 4 is 43.1 Å². The Labute approximate surface area is 275 Å². The molecule has 2 saturated heterocycles. The maximum atomic E-state index is 16.3. The molecule has 0 amide bonds. The van der Waals surface area contributed by atoms with E-state index in [0.717, 1.165) is 36.7 Å². The lowest BCUT2D eigenvalue weighted by Crippen LogP contribution is -2.22. The van der Waals surface area contributed by atoms with Crippen molar-refractivity contribution in [1.82, 2.24) is 19.9 Å². The molecule has 2 N–H and O–H groups in total. The summed E-state index contributed by atoms with van der Waals surface area (Å²) in [5.74, 6) is -2.15. The Bertz CT molecular complexity index is 2020. The number of ether oxygens (including phenoxy) is 1. The van der Waals surface area contributed by atoms with Crippen LogP contribution in [0.4, 0.5) is 37.2 Å². The third kappa shape index (κ3) is 6.17. The number of pyridine rings is 1. The van der Waals surface area contributed by atoms with Crippen LogP contribution >= 0.6 is 11.3 Å². The molecule has 2 aliphatic rings. The van der Waals surface area contributed by atoms with Gasteiger partial charge in [-0.1, -0.05) is 12.1 Å². The number of rotatable bonds is 5. The summed E-state index contributed by atoms with van der Waals surface area (Å²) >= 11 is 0.694. The van der Waals surface area contributed by atoms with Crippen LogP contribution in [0.15, 0.2) is 42.7 Å². The Hall–Kier alpha value is -4.68. The van der Waals surface area contributed by atoms with Crippen molar-refractivity contribution in [3.8, 4) is 23.2 Å². The predicted molar refractivity (Wildman–Crippen MR) is 171 cm³/mol. The van der Waals surface area contributed by atoms with Gasteiger partial charge in [0.1, 0.15) is 34.4 Å². The average Bonchev–Trinajstić information content (AvgIpc) is 3.74. The summed E-state index contributed by atoms with van der Waals surface area (Å²) in [6, 6.07) is 8.25. The van der Waals surface area contributed by atoms with E-state index in [1.165, 1.54) is 24.9 Å². The molecule has 8 nitrogen and oxygen atoms in total. The van der Waals surface area contributed by atoms with E-state index in [0.29, 0.717) is 23.9 Å². The lowest BCUT2D eigenvalue weighted by molar-refractivity contribution is -0.137. The number of thiophene rings is 1. The first-order valence-electron chi connectivity index (χ1n) is 15.0. The minimum atomic E-state index is -5.04. The number of methoxy groups -OCH3 is 1. The molecule has 0 radical (unpaired) electrons. The second-order valence-corrected chi connectivity index (χ2v) is 12.7. The molecule has 15 heteroatoms. The quantitative estimate of drug-likeness (QED) is 0.190. The lowest BCUT2D eigenvalue weighted by Gasteiger charge is -2.22. The van der Waals surface area contributed by atoms with Crippen LogP contribution in [0.25, 0.3) is 32.1 Å². The number of nitrogen functional groups attached to an aromatic ring is 1. The molecule has 250 valence electrons. The monoisotopic (exact) mass is 685 g/mol. The van der Waals surface area contributed by atoms with Gasteiger partial charge in [-0.25, -0.2) is 13.2 Å². The fraction of sp³-hybridized carbons (Fsp3) is 0.333. The number of nitriles is 1. The number of anilines is 2. The molecule has 0 spiro atoms. The Morgan fingerprint density at radius 3 is 2.67 bits per heavy atom.